The van der Waals surface area contributed by atoms with E-state index in [1.54, 1.807) is 12.1 Å². The van der Waals surface area contributed by atoms with Crippen LogP contribution in [0, 0.1) is 5.82 Å². The number of H-pyrrole nitrogens is 1. The first-order chi connectivity index (χ1) is 8.06. The summed E-state index contributed by atoms with van der Waals surface area (Å²) in [4.78, 5) is 1.92. The molecule has 0 aliphatic carbocycles. The van der Waals surface area contributed by atoms with Gasteiger partial charge in [-0.15, -0.1) is 0 Å². The Hall–Kier alpha value is -1.88. The minimum Gasteiger partial charge on any atom is -0.382 e. The highest BCUT2D eigenvalue weighted by Crippen LogP contribution is 2.21. The molecule has 2 aromatic rings. The summed E-state index contributed by atoms with van der Waals surface area (Å²) in [7, 11) is 3.81. The van der Waals surface area contributed by atoms with Crippen LogP contribution in [0.4, 0.5) is 10.2 Å². The van der Waals surface area contributed by atoms with Gasteiger partial charge in [0.05, 0.1) is 5.69 Å². The predicted octanol–water partition coefficient (Wildman–Crippen LogP) is 1.86. The summed E-state index contributed by atoms with van der Waals surface area (Å²) in [6.45, 7) is 0.581. The second-order valence-electron chi connectivity index (χ2n) is 4.25. The van der Waals surface area contributed by atoms with Gasteiger partial charge in [0.15, 0.2) is 0 Å². The Morgan fingerprint density at radius 3 is 2.65 bits per heavy atom. The fraction of sp³-hybridized carbons (Fsp3) is 0.250. The van der Waals surface area contributed by atoms with Crippen LogP contribution in [-0.4, -0.2) is 29.2 Å². The molecule has 0 atom stereocenters. The van der Waals surface area contributed by atoms with Gasteiger partial charge in [0.25, 0.3) is 0 Å². The van der Waals surface area contributed by atoms with Crippen LogP contribution >= 0.6 is 0 Å². The number of halogens is 1. The lowest BCUT2D eigenvalue weighted by atomic mass is 10.1. The molecule has 2 rings (SSSR count). The monoisotopic (exact) mass is 234 g/mol. The number of nitrogens with two attached hydrogens (primary N) is 1. The van der Waals surface area contributed by atoms with Gasteiger partial charge < -0.3 is 10.6 Å². The topological polar surface area (TPSA) is 57.9 Å². The van der Waals surface area contributed by atoms with Crippen molar-refractivity contribution in [3.63, 3.8) is 0 Å². The summed E-state index contributed by atoms with van der Waals surface area (Å²) < 4.78 is 13.8. The fourth-order valence-electron chi connectivity index (χ4n) is 1.67. The number of aromatic amines is 1. The van der Waals surface area contributed by atoms with Crippen molar-refractivity contribution in [3.8, 4) is 11.3 Å². The van der Waals surface area contributed by atoms with E-state index in [-0.39, 0.29) is 5.82 Å². The van der Waals surface area contributed by atoms with E-state index in [0.717, 1.165) is 11.3 Å². The van der Waals surface area contributed by atoms with E-state index >= 15 is 0 Å². The highest BCUT2D eigenvalue weighted by molar-refractivity contribution is 5.62. The van der Waals surface area contributed by atoms with Gasteiger partial charge in [0.1, 0.15) is 11.6 Å². The molecular formula is C12H15FN4. The smallest absolute Gasteiger partial charge is 0.145 e. The lowest BCUT2D eigenvalue weighted by Crippen LogP contribution is -2.11. The summed E-state index contributed by atoms with van der Waals surface area (Å²) in [5.74, 6) is 0.183. The van der Waals surface area contributed by atoms with Crippen molar-refractivity contribution in [1.82, 2.24) is 15.1 Å². The lowest BCUT2D eigenvalue weighted by molar-refractivity contribution is 0.392. The predicted molar refractivity (Wildman–Crippen MR) is 65.8 cm³/mol. The summed E-state index contributed by atoms with van der Waals surface area (Å²) >= 11 is 0. The molecule has 90 valence electrons. The maximum atomic E-state index is 13.8. The summed E-state index contributed by atoms with van der Waals surface area (Å²) in [6, 6.07) is 6.81. The zero-order valence-corrected chi connectivity index (χ0v) is 9.87. The molecule has 0 aliphatic rings. The van der Waals surface area contributed by atoms with Crippen LogP contribution in [-0.2, 0) is 6.54 Å². The van der Waals surface area contributed by atoms with Crippen LogP contribution in [0.1, 0.15) is 5.56 Å². The summed E-state index contributed by atoms with van der Waals surface area (Å²) in [5, 5.41) is 6.57. The first-order valence-electron chi connectivity index (χ1n) is 5.30. The molecule has 1 heterocycles. The van der Waals surface area contributed by atoms with Crippen molar-refractivity contribution in [2.75, 3.05) is 19.8 Å². The molecule has 0 fully saturated rings. The minimum atomic E-state index is -0.218. The third-order valence-electron chi connectivity index (χ3n) is 2.45. The van der Waals surface area contributed by atoms with Gasteiger partial charge in [-0.1, -0.05) is 12.1 Å². The molecule has 0 unspecified atom stereocenters. The van der Waals surface area contributed by atoms with Crippen LogP contribution in [0.2, 0.25) is 0 Å². The highest BCUT2D eigenvalue weighted by Gasteiger charge is 2.07. The third kappa shape index (κ3) is 2.62. The van der Waals surface area contributed by atoms with Crippen molar-refractivity contribution in [3.05, 3.63) is 35.6 Å². The van der Waals surface area contributed by atoms with Gasteiger partial charge in [-0.2, -0.15) is 5.10 Å². The van der Waals surface area contributed by atoms with Gasteiger partial charge in [-0.05, 0) is 20.2 Å². The maximum absolute atomic E-state index is 13.8. The average Bonchev–Trinajstić information content (AvgIpc) is 2.67. The van der Waals surface area contributed by atoms with Gasteiger partial charge in [-0.3, -0.25) is 5.10 Å². The van der Waals surface area contributed by atoms with Crippen molar-refractivity contribution in [1.29, 1.82) is 0 Å². The first-order valence-corrected chi connectivity index (χ1v) is 5.30. The Morgan fingerprint density at radius 2 is 2.12 bits per heavy atom. The fourth-order valence-corrected chi connectivity index (χ4v) is 1.67. The SMILES string of the molecule is CN(C)Cc1ccc(-c2cc(N)n[nH]2)cc1F. The molecule has 5 heteroatoms. The number of aromatic nitrogens is 2. The maximum Gasteiger partial charge on any atom is 0.145 e. The van der Waals surface area contributed by atoms with Gasteiger partial charge in [-0.25, -0.2) is 4.39 Å². The van der Waals surface area contributed by atoms with Crippen LogP contribution in [0.3, 0.4) is 0 Å². The molecule has 0 saturated heterocycles. The van der Waals surface area contributed by atoms with E-state index in [0.29, 0.717) is 17.9 Å². The number of nitrogens with zero attached hydrogens (tertiary/aromatic N) is 2. The number of hydrogen-bond donors (Lipinski definition) is 2. The molecule has 0 spiro atoms. The van der Waals surface area contributed by atoms with E-state index < -0.39 is 0 Å². The molecule has 17 heavy (non-hydrogen) atoms. The van der Waals surface area contributed by atoms with Crippen molar-refractivity contribution in [2.45, 2.75) is 6.54 Å². The summed E-state index contributed by atoms with van der Waals surface area (Å²) in [5.41, 5.74) is 7.64. The first kappa shape index (κ1) is 11.6. The Labute approximate surface area is 99.2 Å². The number of nitrogens with one attached hydrogen (secondary N) is 1. The number of nitrogen functional groups attached to an aromatic ring is 1. The zero-order chi connectivity index (χ0) is 12.4. The van der Waals surface area contributed by atoms with Gasteiger partial charge in [0, 0.05) is 23.7 Å². The molecule has 0 radical (unpaired) electrons. The van der Waals surface area contributed by atoms with E-state index in [2.05, 4.69) is 10.2 Å². The Kier molecular flexibility index (Phi) is 3.10. The van der Waals surface area contributed by atoms with Crippen LogP contribution < -0.4 is 5.73 Å². The molecule has 3 N–H and O–H groups in total. The Balaban J connectivity index is 2.30. The second-order valence-corrected chi connectivity index (χ2v) is 4.25. The molecule has 1 aromatic carbocycles. The van der Waals surface area contributed by atoms with Crippen LogP contribution in [0.5, 0.6) is 0 Å². The Bertz CT molecular complexity index is 519. The van der Waals surface area contributed by atoms with Crippen LogP contribution in [0.15, 0.2) is 24.3 Å². The Morgan fingerprint density at radius 1 is 1.35 bits per heavy atom. The highest BCUT2D eigenvalue weighted by atomic mass is 19.1. The van der Waals surface area contributed by atoms with Crippen molar-refractivity contribution in [2.24, 2.45) is 0 Å². The number of anilines is 1. The molecule has 0 saturated carbocycles. The molecule has 0 amide bonds. The standard InChI is InChI=1S/C12H15FN4/c1-17(2)7-9-4-3-8(5-10(9)13)11-6-12(14)16-15-11/h3-6H,7H2,1-2H3,(H3,14,15,16). The molecule has 4 nitrogen and oxygen atoms in total. The van der Waals surface area contributed by atoms with Crippen LogP contribution in [0.25, 0.3) is 11.3 Å². The molecule has 1 aromatic heterocycles. The number of benzene rings is 1. The molecular weight excluding hydrogens is 219 g/mol. The second kappa shape index (κ2) is 4.55. The summed E-state index contributed by atoms with van der Waals surface area (Å²) in [6.07, 6.45) is 0. The number of rotatable bonds is 3. The van der Waals surface area contributed by atoms with E-state index in [1.807, 2.05) is 25.1 Å². The van der Waals surface area contributed by atoms with E-state index in [9.17, 15) is 4.39 Å². The quantitative estimate of drug-likeness (QED) is 0.852. The minimum absolute atomic E-state index is 0.218. The molecule has 0 aliphatic heterocycles. The van der Waals surface area contributed by atoms with Gasteiger partial charge in [0.2, 0.25) is 0 Å². The lowest BCUT2D eigenvalue weighted by Gasteiger charge is -2.11. The average molecular weight is 234 g/mol. The van der Waals surface area contributed by atoms with Gasteiger partial charge >= 0.3 is 0 Å². The van der Waals surface area contributed by atoms with Crippen molar-refractivity contribution >= 4 is 5.82 Å². The van der Waals surface area contributed by atoms with E-state index in [1.165, 1.54) is 6.07 Å². The normalized spacial score (nSPS) is 11.1. The largest absolute Gasteiger partial charge is 0.382 e. The van der Waals surface area contributed by atoms with E-state index in [4.69, 9.17) is 5.73 Å². The number of hydrogen-bond acceptors (Lipinski definition) is 3. The zero-order valence-electron chi connectivity index (χ0n) is 9.87. The third-order valence-corrected chi connectivity index (χ3v) is 2.45. The molecule has 0 bridgehead atoms. The van der Waals surface area contributed by atoms with Crippen molar-refractivity contribution < 1.29 is 4.39 Å².